The predicted molar refractivity (Wildman–Crippen MR) is 136 cm³/mol. The smallest absolute Gasteiger partial charge is 0.264 e. The van der Waals surface area contributed by atoms with E-state index in [0.717, 1.165) is 28.5 Å². The maximum Gasteiger partial charge on any atom is 0.264 e. The Labute approximate surface area is 206 Å². The third kappa shape index (κ3) is 6.98. The van der Waals surface area contributed by atoms with Gasteiger partial charge in [-0.25, -0.2) is 8.42 Å². The third-order valence-corrected chi connectivity index (χ3v) is 7.15. The van der Waals surface area contributed by atoms with Crippen LogP contribution < -0.4 is 14.4 Å². The third-order valence-electron chi connectivity index (χ3n) is 5.11. The van der Waals surface area contributed by atoms with Crippen LogP contribution in [0.3, 0.4) is 0 Å². The molecule has 1 N–H and O–H groups in total. The zero-order valence-electron chi connectivity index (χ0n) is 19.1. The molecule has 0 saturated carbocycles. The fourth-order valence-electron chi connectivity index (χ4n) is 3.40. The van der Waals surface area contributed by atoms with Gasteiger partial charge in [-0.15, -0.1) is 0 Å². The average molecular weight is 501 g/mol. The van der Waals surface area contributed by atoms with Crippen LogP contribution in [0, 0.1) is 0 Å². The summed E-state index contributed by atoms with van der Waals surface area (Å²) in [4.78, 5) is 12.8. The second-order valence-corrected chi connectivity index (χ2v) is 10.0. The van der Waals surface area contributed by atoms with Crippen LogP contribution in [0.4, 0.5) is 5.69 Å². The van der Waals surface area contributed by atoms with Gasteiger partial charge in [0, 0.05) is 11.6 Å². The summed E-state index contributed by atoms with van der Waals surface area (Å²) >= 11 is 5.91. The number of anilines is 1. The minimum atomic E-state index is -3.96. The van der Waals surface area contributed by atoms with E-state index in [0.29, 0.717) is 30.3 Å². The molecule has 0 spiro atoms. The minimum Gasteiger partial charge on any atom is -0.493 e. The lowest BCUT2D eigenvalue weighted by molar-refractivity contribution is -0.119. The number of para-hydroxylation sites is 2. The van der Waals surface area contributed by atoms with Crippen LogP contribution in [0.15, 0.2) is 83.8 Å². The Bertz CT molecular complexity index is 1170. The number of nitrogens with one attached hydrogen (secondary N) is 1. The van der Waals surface area contributed by atoms with Crippen molar-refractivity contribution in [2.24, 2.45) is 0 Å². The molecule has 180 valence electrons. The minimum absolute atomic E-state index is 0.0669. The number of carbonyl (C=O) groups is 1. The van der Waals surface area contributed by atoms with Crippen molar-refractivity contribution in [1.29, 1.82) is 0 Å². The Morgan fingerprint density at radius 2 is 1.65 bits per heavy atom. The van der Waals surface area contributed by atoms with Gasteiger partial charge in [0.05, 0.1) is 17.2 Å². The molecule has 3 rings (SSSR count). The number of rotatable bonds is 12. The Morgan fingerprint density at radius 3 is 2.35 bits per heavy atom. The van der Waals surface area contributed by atoms with Gasteiger partial charge in [-0.05, 0) is 67.3 Å². The second kappa shape index (κ2) is 12.4. The number of carbonyl (C=O) groups excluding carboxylic acids is 1. The normalized spacial score (nSPS) is 11.1. The van der Waals surface area contributed by atoms with Crippen molar-refractivity contribution in [2.45, 2.75) is 31.1 Å². The van der Waals surface area contributed by atoms with Gasteiger partial charge in [-0.1, -0.05) is 54.9 Å². The standard InChI is InChI=1S/C26H29ClN2O4S/c1-2-19-33-25-13-7-6-9-21(25)10-8-18-28-26(30)20-29(23-11-4-3-5-12-23)34(31,32)24-16-14-22(27)15-17-24/h3-7,9,11-17H,2,8,10,18-20H2,1H3,(H,28,30). The SMILES string of the molecule is CCCOc1ccccc1CCCNC(=O)CN(c1ccccc1)S(=O)(=O)c1ccc(Cl)cc1. The lowest BCUT2D eigenvalue weighted by atomic mass is 10.1. The Hall–Kier alpha value is -3.03. The van der Waals surface area contributed by atoms with E-state index in [1.807, 2.05) is 24.3 Å². The number of nitrogens with zero attached hydrogens (tertiary/aromatic N) is 1. The molecular formula is C26H29ClN2O4S. The monoisotopic (exact) mass is 500 g/mol. The number of amides is 1. The predicted octanol–water partition coefficient (Wildman–Crippen LogP) is 5.07. The quantitative estimate of drug-likeness (QED) is 0.352. The molecule has 0 unspecified atom stereocenters. The highest BCUT2D eigenvalue weighted by atomic mass is 35.5. The fraction of sp³-hybridized carbons (Fsp3) is 0.269. The Balaban J connectivity index is 1.64. The summed E-state index contributed by atoms with van der Waals surface area (Å²) in [6, 6.07) is 22.3. The van der Waals surface area contributed by atoms with Gasteiger partial charge in [0.1, 0.15) is 12.3 Å². The molecule has 0 aromatic heterocycles. The molecule has 0 fully saturated rings. The molecule has 34 heavy (non-hydrogen) atoms. The maximum absolute atomic E-state index is 13.3. The molecule has 0 aliphatic heterocycles. The summed E-state index contributed by atoms with van der Waals surface area (Å²) < 4.78 is 33.5. The highest BCUT2D eigenvalue weighted by Crippen LogP contribution is 2.24. The van der Waals surface area contributed by atoms with Crippen molar-refractivity contribution in [3.63, 3.8) is 0 Å². The van der Waals surface area contributed by atoms with Gasteiger partial charge in [-0.3, -0.25) is 9.10 Å². The van der Waals surface area contributed by atoms with E-state index in [4.69, 9.17) is 16.3 Å². The van der Waals surface area contributed by atoms with Gasteiger partial charge in [0.2, 0.25) is 5.91 Å². The van der Waals surface area contributed by atoms with Gasteiger partial charge >= 0.3 is 0 Å². The molecule has 3 aromatic carbocycles. The van der Waals surface area contributed by atoms with Crippen molar-refractivity contribution in [1.82, 2.24) is 5.32 Å². The van der Waals surface area contributed by atoms with Crippen LogP contribution in [-0.2, 0) is 21.2 Å². The lowest BCUT2D eigenvalue weighted by Gasteiger charge is -2.24. The number of aryl methyl sites for hydroxylation is 1. The zero-order valence-corrected chi connectivity index (χ0v) is 20.7. The number of sulfonamides is 1. The molecule has 0 saturated heterocycles. The van der Waals surface area contributed by atoms with Crippen molar-refractivity contribution in [3.05, 3.63) is 89.4 Å². The van der Waals surface area contributed by atoms with Gasteiger partial charge in [0.15, 0.2) is 0 Å². The van der Waals surface area contributed by atoms with Crippen LogP contribution in [0.5, 0.6) is 5.75 Å². The van der Waals surface area contributed by atoms with E-state index in [2.05, 4.69) is 12.2 Å². The van der Waals surface area contributed by atoms with Crippen LogP contribution in [-0.4, -0.2) is 34.0 Å². The molecule has 0 radical (unpaired) electrons. The molecule has 1 amide bonds. The Morgan fingerprint density at radius 1 is 0.971 bits per heavy atom. The first kappa shape index (κ1) is 25.6. The Kier molecular flexibility index (Phi) is 9.36. The van der Waals surface area contributed by atoms with Crippen LogP contribution in [0.25, 0.3) is 0 Å². The van der Waals surface area contributed by atoms with Crippen molar-refractivity contribution in [2.75, 3.05) is 24.0 Å². The summed E-state index contributed by atoms with van der Waals surface area (Å²) in [5, 5.41) is 3.28. The summed E-state index contributed by atoms with van der Waals surface area (Å²) in [5.74, 6) is 0.483. The first-order valence-corrected chi connectivity index (χ1v) is 13.0. The molecule has 6 nitrogen and oxygen atoms in total. The lowest BCUT2D eigenvalue weighted by Crippen LogP contribution is -2.41. The van der Waals surface area contributed by atoms with Crippen LogP contribution >= 0.6 is 11.6 Å². The maximum atomic E-state index is 13.3. The second-order valence-electron chi connectivity index (χ2n) is 7.71. The van der Waals surface area contributed by atoms with Gasteiger partial charge in [-0.2, -0.15) is 0 Å². The summed E-state index contributed by atoms with van der Waals surface area (Å²) in [5.41, 5.74) is 1.50. The highest BCUT2D eigenvalue weighted by Gasteiger charge is 2.27. The van der Waals surface area contributed by atoms with E-state index < -0.39 is 10.0 Å². The number of benzene rings is 3. The van der Waals surface area contributed by atoms with Crippen molar-refractivity contribution < 1.29 is 17.9 Å². The highest BCUT2D eigenvalue weighted by molar-refractivity contribution is 7.92. The number of halogens is 1. The first-order valence-electron chi connectivity index (χ1n) is 11.2. The zero-order chi connectivity index (χ0) is 24.4. The number of hydrogen-bond donors (Lipinski definition) is 1. The number of ether oxygens (including phenoxy) is 1. The summed E-state index contributed by atoms with van der Waals surface area (Å²) in [7, 11) is -3.96. The average Bonchev–Trinajstić information content (AvgIpc) is 2.85. The molecule has 0 aliphatic carbocycles. The number of hydrogen-bond acceptors (Lipinski definition) is 4. The fourth-order valence-corrected chi connectivity index (χ4v) is 4.95. The molecule has 0 bridgehead atoms. The molecule has 8 heteroatoms. The molecular weight excluding hydrogens is 472 g/mol. The first-order chi connectivity index (χ1) is 16.4. The topological polar surface area (TPSA) is 75.7 Å². The van der Waals surface area contributed by atoms with E-state index in [1.165, 1.54) is 24.3 Å². The van der Waals surface area contributed by atoms with Gasteiger partial charge in [0.25, 0.3) is 10.0 Å². The van der Waals surface area contributed by atoms with E-state index >= 15 is 0 Å². The molecule has 0 heterocycles. The van der Waals surface area contributed by atoms with E-state index in [9.17, 15) is 13.2 Å². The molecule has 3 aromatic rings. The van der Waals surface area contributed by atoms with Crippen molar-refractivity contribution in [3.8, 4) is 5.75 Å². The van der Waals surface area contributed by atoms with Gasteiger partial charge < -0.3 is 10.1 Å². The molecule has 0 atom stereocenters. The summed E-state index contributed by atoms with van der Waals surface area (Å²) in [6.45, 7) is 2.81. The molecule has 0 aliphatic rings. The van der Waals surface area contributed by atoms with E-state index in [-0.39, 0.29) is 17.3 Å². The van der Waals surface area contributed by atoms with Crippen LogP contribution in [0.1, 0.15) is 25.3 Å². The van der Waals surface area contributed by atoms with Crippen molar-refractivity contribution >= 4 is 33.2 Å². The summed E-state index contributed by atoms with van der Waals surface area (Å²) in [6.07, 6.45) is 2.38. The largest absolute Gasteiger partial charge is 0.493 e. The van der Waals surface area contributed by atoms with Crippen LogP contribution in [0.2, 0.25) is 5.02 Å². The van der Waals surface area contributed by atoms with E-state index in [1.54, 1.807) is 30.3 Å².